The van der Waals surface area contributed by atoms with Gasteiger partial charge in [-0.3, -0.25) is 19.2 Å². The second-order valence-electron chi connectivity index (χ2n) is 9.66. The van der Waals surface area contributed by atoms with Crippen molar-refractivity contribution in [2.75, 3.05) is 16.8 Å². The van der Waals surface area contributed by atoms with Crippen molar-refractivity contribution in [1.82, 2.24) is 4.98 Å². The van der Waals surface area contributed by atoms with Gasteiger partial charge in [-0.15, -0.1) is 0 Å². The summed E-state index contributed by atoms with van der Waals surface area (Å²) in [6.07, 6.45) is -4.81. The largest absolute Gasteiger partial charge is 0.483 e. The van der Waals surface area contributed by atoms with Gasteiger partial charge in [-0.05, 0) is 42.5 Å². The topological polar surface area (TPSA) is 109 Å². The number of hydrogen-bond acceptors (Lipinski definition) is 7. The van der Waals surface area contributed by atoms with E-state index in [-0.39, 0.29) is 5.75 Å². The third-order valence-electron chi connectivity index (χ3n) is 7.00. The molecule has 8 nitrogen and oxygen atoms in total. The molecule has 2 aliphatic rings. The average molecular weight is 691 g/mol. The molecule has 3 heterocycles. The number of halogens is 4. The highest BCUT2D eigenvalue weighted by Gasteiger charge is 2.57. The molecule has 1 saturated heterocycles. The maximum atomic E-state index is 14.0. The van der Waals surface area contributed by atoms with Crippen LogP contribution in [0.3, 0.4) is 0 Å². The quantitative estimate of drug-likeness (QED) is 0.240. The van der Waals surface area contributed by atoms with Crippen LogP contribution in [0.1, 0.15) is 21.9 Å². The second-order valence-corrected chi connectivity index (χ2v) is 12.7. The lowest BCUT2D eigenvalue weighted by molar-refractivity contribution is -0.137. The fourth-order valence-electron chi connectivity index (χ4n) is 5.25. The molecule has 0 bridgehead atoms. The van der Waals surface area contributed by atoms with E-state index < -0.39 is 63.7 Å². The molecule has 14 heteroatoms. The molecule has 2 aliphatic heterocycles. The first-order valence-electron chi connectivity index (χ1n) is 12.7. The highest BCUT2D eigenvalue weighted by atomic mass is 79.9. The van der Waals surface area contributed by atoms with E-state index in [1.165, 1.54) is 12.1 Å². The number of aromatic nitrogens is 1. The first kappa shape index (κ1) is 29.2. The van der Waals surface area contributed by atoms with Crippen molar-refractivity contribution in [2.45, 2.75) is 22.4 Å². The summed E-state index contributed by atoms with van der Waals surface area (Å²) in [4.78, 5) is 56.1. The van der Waals surface area contributed by atoms with Crippen LogP contribution in [-0.2, 0) is 20.6 Å². The summed E-state index contributed by atoms with van der Waals surface area (Å²) in [5, 5.41) is 1.94. The van der Waals surface area contributed by atoms with Crippen molar-refractivity contribution in [3.05, 3.63) is 103 Å². The Morgan fingerprint density at radius 2 is 1.72 bits per heavy atom. The van der Waals surface area contributed by atoms with E-state index in [0.29, 0.717) is 30.5 Å². The molecular weight excluding hydrogens is 671 g/mol. The smallest absolute Gasteiger partial charge is 0.418 e. The number of ether oxygens (including phenoxy) is 1. The Hall–Kier alpha value is -3.88. The number of nitrogens with zero attached hydrogens (tertiary/aromatic N) is 1. The van der Waals surface area contributed by atoms with Gasteiger partial charge in [0.05, 0.1) is 22.2 Å². The lowest BCUT2D eigenvalue weighted by atomic mass is 9.82. The van der Waals surface area contributed by atoms with Crippen LogP contribution in [0.25, 0.3) is 0 Å². The van der Waals surface area contributed by atoms with E-state index in [1.54, 1.807) is 48.5 Å². The summed E-state index contributed by atoms with van der Waals surface area (Å²) in [5.74, 6) is -3.99. The zero-order chi connectivity index (χ0) is 30.5. The number of thiazole rings is 1. The number of thioether (sulfide) groups is 1. The Labute approximate surface area is 258 Å². The van der Waals surface area contributed by atoms with Gasteiger partial charge in [-0.25, -0.2) is 4.90 Å². The summed E-state index contributed by atoms with van der Waals surface area (Å²) < 4.78 is 48.2. The van der Waals surface area contributed by atoms with Crippen LogP contribution in [0.5, 0.6) is 5.75 Å². The van der Waals surface area contributed by atoms with Gasteiger partial charge in [0.15, 0.2) is 6.61 Å². The second kappa shape index (κ2) is 11.3. The van der Waals surface area contributed by atoms with E-state index in [2.05, 4.69) is 26.2 Å². The number of carbonyl (C=O) groups is 3. The summed E-state index contributed by atoms with van der Waals surface area (Å²) in [6.45, 7) is -0.396. The van der Waals surface area contributed by atoms with Crippen LogP contribution in [0, 0.1) is 5.92 Å². The summed E-state index contributed by atoms with van der Waals surface area (Å²) >= 11 is 5.21. The minimum absolute atomic E-state index is 0.211. The van der Waals surface area contributed by atoms with Crippen LogP contribution in [0.2, 0.25) is 0 Å². The standard InChI is InChI=1S/C29H19BrF3N3O5S2/c30-14-10-11-19(41-13-20(37)34-15-6-2-1-3-7-15)16(12-14)21-22-24(42-25-23(21)43-28(40)35-25)27(39)36(26(22)38)18-9-5-4-8-17(18)29(31,32)33/h1-12,21-22,24H,13H2,(H,34,37)(H,35,40)/t21-,22?,24?/m1/s1. The molecule has 3 amide bonds. The summed E-state index contributed by atoms with van der Waals surface area (Å²) in [6, 6.07) is 18.1. The van der Waals surface area contributed by atoms with E-state index in [1.807, 2.05) is 0 Å². The van der Waals surface area contributed by atoms with E-state index in [0.717, 1.165) is 35.2 Å². The van der Waals surface area contributed by atoms with Crippen molar-refractivity contribution in [1.29, 1.82) is 0 Å². The lowest BCUT2D eigenvalue weighted by Crippen LogP contribution is -2.33. The molecule has 0 saturated carbocycles. The van der Waals surface area contributed by atoms with Crippen LogP contribution in [0.15, 0.2) is 87.1 Å². The van der Waals surface area contributed by atoms with Crippen molar-refractivity contribution in [2.24, 2.45) is 5.92 Å². The molecule has 2 N–H and O–H groups in total. The predicted molar refractivity (Wildman–Crippen MR) is 159 cm³/mol. The molecule has 1 aromatic heterocycles. The van der Waals surface area contributed by atoms with Crippen LogP contribution in [-0.4, -0.2) is 34.6 Å². The van der Waals surface area contributed by atoms with Crippen LogP contribution >= 0.6 is 39.0 Å². The molecule has 4 aromatic rings. The first-order chi connectivity index (χ1) is 20.5. The lowest BCUT2D eigenvalue weighted by Gasteiger charge is -2.31. The van der Waals surface area contributed by atoms with Gasteiger partial charge in [0.1, 0.15) is 11.0 Å². The number of H-pyrrole nitrogens is 1. The number of nitrogens with one attached hydrogen (secondary N) is 2. The number of rotatable bonds is 6. The number of anilines is 2. The Morgan fingerprint density at radius 1 is 1.00 bits per heavy atom. The van der Waals surface area contributed by atoms with Gasteiger partial charge in [-0.1, -0.05) is 69.4 Å². The number of fused-ring (bicyclic) bond motifs is 2. The number of imide groups is 1. The molecule has 220 valence electrons. The highest BCUT2D eigenvalue weighted by molar-refractivity contribution is 9.10. The van der Waals surface area contributed by atoms with Crippen LogP contribution in [0.4, 0.5) is 24.5 Å². The highest BCUT2D eigenvalue weighted by Crippen LogP contribution is 2.55. The Bertz CT molecular complexity index is 1810. The van der Waals surface area contributed by atoms with Crippen molar-refractivity contribution >= 4 is 68.1 Å². The number of amides is 3. The number of alkyl halides is 3. The monoisotopic (exact) mass is 689 g/mol. The molecule has 43 heavy (non-hydrogen) atoms. The molecular formula is C29H19BrF3N3O5S2. The fraction of sp³-hybridized carbons (Fsp3) is 0.172. The third-order valence-corrected chi connectivity index (χ3v) is 9.89. The molecule has 0 spiro atoms. The van der Waals surface area contributed by atoms with Crippen molar-refractivity contribution in [3.63, 3.8) is 0 Å². The van der Waals surface area contributed by atoms with Gasteiger partial charge in [0.25, 0.3) is 5.91 Å². The molecule has 0 aliphatic carbocycles. The SMILES string of the molecule is O=C(COc1ccc(Br)cc1[C@H]1c2sc(=O)[nH]c2SC2C(=O)N(c3ccccc3C(F)(F)F)C(=O)C21)Nc1ccccc1. The zero-order valence-electron chi connectivity index (χ0n) is 21.7. The maximum absolute atomic E-state index is 14.0. The summed E-state index contributed by atoms with van der Waals surface area (Å²) in [5.41, 5.74) is -0.717. The predicted octanol–water partition coefficient (Wildman–Crippen LogP) is 6.03. The molecule has 1 fully saturated rings. The number of carbonyl (C=O) groups excluding carboxylic acids is 3. The number of benzene rings is 3. The summed E-state index contributed by atoms with van der Waals surface area (Å²) in [7, 11) is 0. The zero-order valence-corrected chi connectivity index (χ0v) is 24.9. The first-order valence-corrected chi connectivity index (χ1v) is 15.2. The molecule has 0 radical (unpaired) electrons. The number of hydrogen-bond donors (Lipinski definition) is 2. The molecule has 3 atom stereocenters. The van der Waals surface area contributed by atoms with Gasteiger partial charge in [-0.2, -0.15) is 13.2 Å². The van der Waals surface area contributed by atoms with E-state index >= 15 is 0 Å². The Kier molecular flexibility index (Phi) is 7.69. The Morgan fingerprint density at radius 3 is 2.47 bits per heavy atom. The van der Waals surface area contributed by atoms with Gasteiger partial charge >= 0.3 is 11.0 Å². The van der Waals surface area contributed by atoms with Crippen molar-refractivity contribution in [3.8, 4) is 5.75 Å². The number of aromatic amines is 1. The third kappa shape index (κ3) is 5.50. The average Bonchev–Trinajstić information content (AvgIpc) is 3.46. The van der Waals surface area contributed by atoms with Crippen LogP contribution < -0.4 is 19.8 Å². The number of para-hydroxylation sites is 2. The normalized spacial score (nSPS) is 19.6. The van der Waals surface area contributed by atoms with Gasteiger partial charge in [0, 0.05) is 26.5 Å². The van der Waals surface area contributed by atoms with Crippen molar-refractivity contribution < 1.29 is 32.3 Å². The Balaban J connectivity index is 1.40. The van der Waals surface area contributed by atoms with Gasteiger partial charge < -0.3 is 15.0 Å². The fourth-order valence-corrected chi connectivity index (χ4v) is 8.14. The van der Waals surface area contributed by atoms with E-state index in [4.69, 9.17) is 4.74 Å². The molecule has 2 unspecified atom stereocenters. The van der Waals surface area contributed by atoms with Gasteiger partial charge in [0.2, 0.25) is 11.8 Å². The van der Waals surface area contributed by atoms with E-state index in [9.17, 15) is 32.3 Å². The molecule has 3 aromatic carbocycles. The minimum atomic E-state index is -4.81. The minimum Gasteiger partial charge on any atom is -0.483 e. The maximum Gasteiger partial charge on any atom is 0.418 e. The molecule has 6 rings (SSSR count).